The second-order valence-corrected chi connectivity index (χ2v) is 7.46. The SMILES string of the molecule is CCc1ccccc1NC(=O)CSc1nnc(-c2cc3cccc(OC)c3o2)n1N. The number of furan rings is 1. The number of thioether (sulfide) groups is 1. The van der Waals surface area contributed by atoms with Crippen LogP contribution in [0.5, 0.6) is 5.75 Å². The van der Waals surface area contributed by atoms with Gasteiger partial charge in [0, 0.05) is 11.1 Å². The summed E-state index contributed by atoms with van der Waals surface area (Å²) in [5.74, 6) is 7.64. The predicted molar refractivity (Wildman–Crippen MR) is 117 cm³/mol. The number of para-hydroxylation sites is 2. The van der Waals surface area contributed by atoms with Gasteiger partial charge in [0.1, 0.15) is 0 Å². The second kappa shape index (κ2) is 8.50. The summed E-state index contributed by atoms with van der Waals surface area (Å²) in [6.07, 6.45) is 0.840. The number of aromatic nitrogens is 3. The number of rotatable bonds is 7. The van der Waals surface area contributed by atoms with Gasteiger partial charge in [0.15, 0.2) is 17.1 Å². The fraction of sp³-hybridized carbons (Fsp3) is 0.190. The lowest BCUT2D eigenvalue weighted by atomic mass is 10.1. The van der Waals surface area contributed by atoms with Gasteiger partial charge in [-0.3, -0.25) is 4.79 Å². The van der Waals surface area contributed by atoms with Gasteiger partial charge >= 0.3 is 0 Å². The molecule has 0 saturated heterocycles. The number of fused-ring (bicyclic) bond motifs is 1. The molecule has 30 heavy (non-hydrogen) atoms. The Labute approximate surface area is 177 Å². The van der Waals surface area contributed by atoms with Crippen LogP contribution in [0.25, 0.3) is 22.6 Å². The van der Waals surface area contributed by atoms with Crippen LogP contribution in [0.3, 0.4) is 0 Å². The van der Waals surface area contributed by atoms with E-state index in [9.17, 15) is 4.79 Å². The topological polar surface area (TPSA) is 108 Å². The molecule has 0 saturated carbocycles. The van der Waals surface area contributed by atoms with Crippen LogP contribution in [0.2, 0.25) is 0 Å². The number of hydrogen-bond donors (Lipinski definition) is 2. The molecule has 0 unspecified atom stereocenters. The van der Waals surface area contributed by atoms with Gasteiger partial charge in [0.2, 0.25) is 16.9 Å². The van der Waals surface area contributed by atoms with Gasteiger partial charge in [-0.25, -0.2) is 4.68 Å². The number of methoxy groups -OCH3 is 1. The van der Waals surface area contributed by atoms with Gasteiger partial charge in [-0.2, -0.15) is 0 Å². The molecule has 0 bridgehead atoms. The number of benzene rings is 2. The molecule has 0 atom stereocenters. The standard InChI is InChI=1S/C21H21N5O3S/c1-3-13-7-4-5-9-15(13)23-18(27)12-30-21-25-24-20(26(21)22)17-11-14-8-6-10-16(28-2)19(14)29-17/h4-11H,3,12,22H2,1-2H3,(H,23,27). The molecule has 0 aliphatic carbocycles. The molecular formula is C21H21N5O3S. The number of nitrogens with zero attached hydrogens (tertiary/aromatic N) is 3. The zero-order valence-electron chi connectivity index (χ0n) is 16.6. The molecule has 3 N–H and O–H groups in total. The average Bonchev–Trinajstić information content (AvgIpc) is 3.35. The van der Waals surface area contributed by atoms with Crippen LogP contribution in [0, 0.1) is 0 Å². The van der Waals surface area contributed by atoms with Crippen molar-refractivity contribution in [3.8, 4) is 17.3 Å². The fourth-order valence-corrected chi connectivity index (χ4v) is 3.77. The molecule has 4 aromatic rings. The van der Waals surface area contributed by atoms with Gasteiger partial charge in [-0.05, 0) is 30.2 Å². The number of aryl methyl sites for hydroxylation is 1. The van der Waals surface area contributed by atoms with Crippen LogP contribution in [-0.2, 0) is 11.2 Å². The monoisotopic (exact) mass is 423 g/mol. The predicted octanol–water partition coefficient (Wildman–Crippen LogP) is 3.71. The summed E-state index contributed by atoms with van der Waals surface area (Å²) in [6, 6.07) is 15.2. The van der Waals surface area contributed by atoms with Crippen LogP contribution in [0.1, 0.15) is 12.5 Å². The van der Waals surface area contributed by atoms with Crippen molar-refractivity contribution in [2.24, 2.45) is 0 Å². The van der Waals surface area contributed by atoms with Crippen LogP contribution in [-0.4, -0.2) is 33.6 Å². The van der Waals surface area contributed by atoms with E-state index in [2.05, 4.69) is 15.5 Å². The van der Waals surface area contributed by atoms with Crippen molar-refractivity contribution in [2.75, 3.05) is 24.0 Å². The van der Waals surface area contributed by atoms with Gasteiger partial charge < -0.3 is 20.3 Å². The Bertz CT molecular complexity index is 1200. The molecule has 2 heterocycles. The smallest absolute Gasteiger partial charge is 0.234 e. The Morgan fingerprint density at radius 1 is 1.23 bits per heavy atom. The third-order valence-corrected chi connectivity index (χ3v) is 5.56. The summed E-state index contributed by atoms with van der Waals surface area (Å²) in [5.41, 5.74) is 2.51. The van der Waals surface area contributed by atoms with E-state index in [-0.39, 0.29) is 11.7 Å². The molecule has 0 aliphatic heterocycles. The van der Waals surface area contributed by atoms with E-state index >= 15 is 0 Å². The maximum atomic E-state index is 12.4. The molecule has 1 amide bonds. The third kappa shape index (κ3) is 3.84. The molecule has 4 rings (SSSR count). The Hall–Kier alpha value is -3.46. The minimum absolute atomic E-state index is 0.140. The lowest BCUT2D eigenvalue weighted by Gasteiger charge is -2.09. The van der Waals surface area contributed by atoms with Gasteiger partial charge in [-0.15, -0.1) is 10.2 Å². The normalized spacial score (nSPS) is 11.0. The molecular weight excluding hydrogens is 402 g/mol. The van der Waals surface area contributed by atoms with Crippen molar-refractivity contribution in [1.29, 1.82) is 0 Å². The number of nitrogens with two attached hydrogens (primary N) is 1. The molecule has 9 heteroatoms. The number of ether oxygens (including phenoxy) is 1. The third-order valence-electron chi connectivity index (χ3n) is 4.62. The summed E-state index contributed by atoms with van der Waals surface area (Å²) < 4.78 is 12.5. The quantitative estimate of drug-likeness (QED) is 0.345. The number of nitrogen functional groups attached to an aromatic ring is 1. The van der Waals surface area contributed by atoms with E-state index in [1.165, 1.54) is 16.4 Å². The first-order valence-electron chi connectivity index (χ1n) is 9.38. The maximum Gasteiger partial charge on any atom is 0.234 e. The minimum Gasteiger partial charge on any atom is -0.493 e. The highest BCUT2D eigenvalue weighted by Gasteiger charge is 2.18. The second-order valence-electron chi connectivity index (χ2n) is 6.51. The molecule has 2 aromatic heterocycles. The van der Waals surface area contributed by atoms with Crippen LogP contribution >= 0.6 is 11.8 Å². The maximum absolute atomic E-state index is 12.4. The molecule has 8 nitrogen and oxygen atoms in total. The molecule has 0 aliphatic rings. The lowest BCUT2D eigenvalue weighted by Crippen LogP contribution is -2.17. The zero-order valence-corrected chi connectivity index (χ0v) is 17.4. The Morgan fingerprint density at radius 3 is 2.87 bits per heavy atom. The number of nitrogens with one attached hydrogen (secondary N) is 1. The zero-order chi connectivity index (χ0) is 21.1. The molecule has 0 radical (unpaired) electrons. The number of amides is 1. The van der Waals surface area contributed by atoms with E-state index in [4.69, 9.17) is 15.0 Å². The van der Waals surface area contributed by atoms with E-state index < -0.39 is 0 Å². The Balaban J connectivity index is 1.48. The van der Waals surface area contributed by atoms with Gasteiger partial charge in [-0.1, -0.05) is 49.0 Å². The minimum atomic E-state index is -0.140. The Morgan fingerprint density at radius 2 is 2.07 bits per heavy atom. The van der Waals surface area contributed by atoms with Gasteiger partial charge in [0.05, 0.1) is 12.9 Å². The highest BCUT2D eigenvalue weighted by atomic mass is 32.2. The molecule has 0 spiro atoms. The molecule has 0 fully saturated rings. The first-order chi connectivity index (χ1) is 14.6. The first kappa shape index (κ1) is 19.8. The largest absolute Gasteiger partial charge is 0.493 e. The summed E-state index contributed by atoms with van der Waals surface area (Å²) in [4.78, 5) is 12.4. The number of carbonyl (C=O) groups is 1. The summed E-state index contributed by atoms with van der Waals surface area (Å²) in [6.45, 7) is 2.05. The summed E-state index contributed by atoms with van der Waals surface area (Å²) in [7, 11) is 1.58. The van der Waals surface area contributed by atoms with Crippen molar-refractivity contribution in [3.05, 3.63) is 54.1 Å². The summed E-state index contributed by atoms with van der Waals surface area (Å²) in [5, 5.41) is 12.4. The van der Waals surface area contributed by atoms with Crippen LogP contribution in [0.4, 0.5) is 5.69 Å². The fourth-order valence-electron chi connectivity index (χ4n) is 3.12. The van der Waals surface area contributed by atoms with E-state index in [1.54, 1.807) is 7.11 Å². The number of anilines is 1. The highest BCUT2D eigenvalue weighted by Crippen LogP contribution is 2.33. The van der Waals surface area contributed by atoms with E-state index in [1.807, 2.05) is 55.5 Å². The van der Waals surface area contributed by atoms with E-state index in [0.29, 0.717) is 28.1 Å². The van der Waals surface area contributed by atoms with Crippen molar-refractivity contribution in [1.82, 2.24) is 14.9 Å². The van der Waals surface area contributed by atoms with Crippen molar-refractivity contribution in [3.63, 3.8) is 0 Å². The lowest BCUT2D eigenvalue weighted by molar-refractivity contribution is -0.113. The van der Waals surface area contributed by atoms with E-state index in [0.717, 1.165) is 23.1 Å². The van der Waals surface area contributed by atoms with Gasteiger partial charge in [0.25, 0.3) is 0 Å². The van der Waals surface area contributed by atoms with Crippen molar-refractivity contribution >= 4 is 34.3 Å². The van der Waals surface area contributed by atoms with Crippen LogP contribution in [0.15, 0.2) is 58.1 Å². The highest BCUT2D eigenvalue weighted by molar-refractivity contribution is 7.99. The first-order valence-corrected chi connectivity index (χ1v) is 10.4. The average molecular weight is 423 g/mol. The van der Waals surface area contributed by atoms with Crippen molar-refractivity contribution in [2.45, 2.75) is 18.5 Å². The number of hydrogen-bond acceptors (Lipinski definition) is 7. The van der Waals surface area contributed by atoms with Crippen molar-refractivity contribution < 1.29 is 13.9 Å². The van der Waals surface area contributed by atoms with Crippen LogP contribution < -0.4 is 15.9 Å². The Kier molecular flexibility index (Phi) is 5.62. The number of carbonyl (C=O) groups excluding carboxylic acids is 1. The summed E-state index contributed by atoms with van der Waals surface area (Å²) >= 11 is 1.20. The molecule has 154 valence electrons. The molecule has 2 aromatic carbocycles.